The molecule has 2 saturated heterocycles. The first-order valence-corrected chi connectivity index (χ1v) is 9.40. The summed E-state index contributed by atoms with van der Waals surface area (Å²) in [5.74, 6) is 1.05. The summed E-state index contributed by atoms with van der Waals surface area (Å²) in [5.41, 5.74) is 0. The van der Waals surface area contributed by atoms with E-state index in [1.807, 2.05) is 30.6 Å². The van der Waals surface area contributed by atoms with Gasteiger partial charge in [0.25, 0.3) is 0 Å². The number of likely N-dealkylation sites (tertiary alicyclic amines) is 1. The Balaban J connectivity index is 0.00000139. The van der Waals surface area contributed by atoms with Crippen molar-refractivity contribution in [1.29, 1.82) is 0 Å². The highest BCUT2D eigenvalue weighted by Crippen LogP contribution is 2.19. The number of methoxy groups -OCH3 is 1. The predicted octanol–water partition coefficient (Wildman–Crippen LogP) is 1.45. The molecule has 2 rings (SSSR count). The Morgan fingerprint density at radius 3 is 1.96 bits per heavy atom. The van der Waals surface area contributed by atoms with Gasteiger partial charge >= 0.3 is 0 Å². The van der Waals surface area contributed by atoms with Crippen molar-refractivity contribution in [3.63, 3.8) is 0 Å². The normalized spacial score (nSPS) is 19.7. The minimum absolute atomic E-state index is 0.0912. The van der Waals surface area contributed by atoms with Gasteiger partial charge in [-0.2, -0.15) is 0 Å². The summed E-state index contributed by atoms with van der Waals surface area (Å²) in [6, 6.07) is 0. The van der Waals surface area contributed by atoms with Gasteiger partial charge in [-0.3, -0.25) is 14.5 Å². The lowest BCUT2D eigenvalue weighted by Gasteiger charge is -2.38. The molecular weight excluding hydrogens is 306 g/mol. The van der Waals surface area contributed by atoms with Gasteiger partial charge < -0.3 is 14.5 Å². The predicted molar refractivity (Wildman–Crippen MR) is 95.8 cm³/mol. The zero-order valence-corrected chi connectivity index (χ0v) is 15.9. The fourth-order valence-corrected chi connectivity index (χ4v) is 3.35. The Labute approximate surface area is 147 Å². The molecule has 0 saturated carbocycles. The molecule has 24 heavy (non-hydrogen) atoms. The van der Waals surface area contributed by atoms with Crippen LogP contribution < -0.4 is 0 Å². The Morgan fingerprint density at radius 1 is 0.917 bits per heavy atom. The third-order valence-electron chi connectivity index (χ3n) is 4.78. The van der Waals surface area contributed by atoms with Crippen LogP contribution in [-0.4, -0.2) is 86.0 Å². The Hall–Kier alpha value is -1.14. The van der Waals surface area contributed by atoms with Gasteiger partial charge in [-0.25, -0.2) is 0 Å². The lowest BCUT2D eigenvalue weighted by atomic mass is 9.95. The number of nitrogens with zero attached hydrogens (tertiary/aromatic N) is 3. The van der Waals surface area contributed by atoms with Gasteiger partial charge in [0.1, 0.15) is 6.61 Å². The minimum atomic E-state index is 0.0912. The van der Waals surface area contributed by atoms with Gasteiger partial charge in [0.2, 0.25) is 11.8 Å². The molecule has 6 nitrogen and oxygen atoms in total. The molecule has 0 aromatic heterocycles. The van der Waals surface area contributed by atoms with Crippen LogP contribution in [0.1, 0.15) is 40.0 Å². The molecule has 2 fully saturated rings. The van der Waals surface area contributed by atoms with E-state index in [0.717, 1.165) is 58.7 Å². The quantitative estimate of drug-likeness (QED) is 0.759. The molecule has 0 aromatic carbocycles. The summed E-state index contributed by atoms with van der Waals surface area (Å²) in [5, 5.41) is 0. The number of hydrogen-bond donors (Lipinski definition) is 0. The van der Waals surface area contributed by atoms with Gasteiger partial charge in [-0.15, -0.1) is 0 Å². The van der Waals surface area contributed by atoms with Crippen LogP contribution in [0.5, 0.6) is 0 Å². The summed E-state index contributed by atoms with van der Waals surface area (Å²) in [6.07, 6.45) is 2.82. The number of amides is 2. The lowest BCUT2D eigenvalue weighted by Crippen LogP contribution is -2.51. The number of hydrogen-bond acceptors (Lipinski definition) is 4. The highest BCUT2D eigenvalue weighted by atomic mass is 16.5. The monoisotopic (exact) mass is 341 g/mol. The van der Waals surface area contributed by atoms with Crippen LogP contribution in [-0.2, 0) is 14.3 Å². The van der Waals surface area contributed by atoms with E-state index in [9.17, 15) is 9.59 Å². The molecule has 6 heteroatoms. The van der Waals surface area contributed by atoms with E-state index < -0.39 is 0 Å². The average molecular weight is 341 g/mol. The van der Waals surface area contributed by atoms with Crippen molar-refractivity contribution in [3.8, 4) is 0 Å². The number of ether oxygens (including phenoxy) is 1. The van der Waals surface area contributed by atoms with Crippen molar-refractivity contribution in [1.82, 2.24) is 14.7 Å². The number of rotatable bonds is 5. The van der Waals surface area contributed by atoms with E-state index in [2.05, 4.69) is 4.90 Å². The van der Waals surface area contributed by atoms with Gasteiger partial charge in [-0.1, -0.05) is 20.8 Å². The largest absolute Gasteiger partial charge is 0.375 e. The number of carbonyl (C=O) groups excluding carboxylic acids is 2. The second-order valence-electron chi connectivity index (χ2n) is 6.29. The van der Waals surface area contributed by atoms with Gasteiger partial charge in [0.05, 0.1) is 0 Å². The van der Waals surface area contributed by atoms with E-state index in [4.69, 9.17) is 4.74 Å². The van der Waals surface area contributed by atoms with Crippen LogP contribution in [0.2, 0.25) is 0 Å². The molecule has 0 atom stereocenters. The Bertz CT molecular complexity index is 374. The highest BCUT2D eigenvalue weighted by molar-refractivity contribution is 5.77. The second-order valence-corrected chi connectivity index (χ2v) is 6.29. The van der Waals surface area contributed by atoms with Crippen LogP contribution >= 0.6 is 0 Å². The maximum atomic E-state index is 11.8. The van der Waals surface area contributed by atoms with Crippen LogP contribution in [0.4, 0.5) is 0 Å². The maximum absolute atomic E-state index is 11.8. The van der Waals surface area contributed by atoms with Gasteiger partial charge in [0, 0.05) is 59.3 Å². The summed E-state index contributed by atoms with van der Waals surface area (Å²) in [7, 11) is 1.56. The van der Waals surface area contributed by atoms with E-state index >= 15 is 0 Å². The molecule has 0 spiro atoms. The van der Waals surface area contributed by atoms with E-state index in [0.29, 0.717) is 12.3 Å². The summed E-state index contributed by atoms with van der Waals surface area (Å²) in [4.78, 5) is 29.8. The standard InChI is InChI=1S/C16H29N3O3.C2H6/c1-3-15(20)18-6-4-14(5-7-18)12-17-8-10-19(11-9-17)16(21)13-22-2;1-2/h14H,3-13H2,1-2H3;1-2H3. The van der Waals surface area contributed by atoms with Crippen LogP contribution in [0.25, 0.3) is 0 Å². The lowest BCUT2D eigenvalue weighted by molar-refractivity contribution is -0.137. The van der Waals surface area contributed by atoms with Gasteiger partial charge in [-0.05, 0) is 18.8 Å². The topological polar surface area (TPSA) is 53.1 Å². The fourth-order valence-electron chi connectivity index (χ4n) is 3.35. The molecule has 0 radical (unpaired) electrons. The molecule has 2 amide bonds. The van der Waals surface area contributed by atoms with Crippen molar-refractivity contribution >= 4 is 11.8 Å². The zero-order chi connectivity index (χ0) is 17.9. The third kappa shape index (κ3) is 6.40. The molecule has 2 aliphatic heterocycles. The first kappa shape index (κ1) is 20.9. The van der Waals surface area contributed by atoms with E-state index in [1.165, 1.54) is 0 Å². The first-order valence-electron chi connectivity index (χ1n) is 9.40. The fraction of sp³-hybridized carbons (Fsp3) is 0.889. The Morgan fingerprint density at radius 2 is 1.46 bits per heavy atom. The first-order chi connectivity index (χ1) is 11.6. The van der Waals surface area contributed by atoms with Crippen LogP contribution in [0, 0.1) is 5.92 Å². The van der Waals surface area contributed by atoms with Crippen LogP contribution in [0.15, 0.2) is 0 Å². The average Bonchev–Trinajstić information content (AvgIpc) is 2.64. The summed E-state index contributed by atoms with van der Waals surface area (Å²) < 4.78 is 4.91. The molecule has 2 heterocycles. The third-order valence-corrected chi connectivity index (χ3v) is 4.78. The van der Waals surface area contributed by atoms with Crippen molar-refractivity contribution < 1.29 is 14.3 Å². The minimum Gasteiger partial charge on any atom is -0.375 e. The van der Waals surface area contributed by atoms with Gasteiger partial charge in [0.15, 0.2) is 0 Å². The summed E-state index contributed by atoms with van der Waals surface area (Å²) >= 11 is 0. The molecule has 140 valence electrons. The second kappa shape index (κ2) is 11.4. The SMILES string of the molecule is CC.CCC(=O)N1CCC(CN2CCN(C(=O)COC)CC2)CC1. The smallest absolute Gasteiger partial charge is 0.248 e. The van der Waals surface area contributed by atoms with Crippen molar-refractivity contribution in [2.24, 2.45) is 5.92 Å². The zero-order valence-electron chi connectivity index (χ0n) is 15.9. The van der Waals surface area contributed by atoms with Crippen molar-refractivity contribution in [2.75, 3.05) is 59.5 Å². The number of carbonyl (C=O) groups is 2. The van der Waals surface area contributed by atoms with Crippen molar-refractivity contribution in [2.45, 2.75) is 40.0 Å². The molecule has 2 aliphatic rings. The Kier molecular flexibility index (Phi) is 9.95. The number of piperazine rings is 1. The number of piperidine rings is 1. The van der Waals surface area contributed by atoms with E-state index in [-0.39, 0.29) is 18.4 Å². The molecule has 0 aromatic rings. The molecule has 0 bridgehead atoms. The van der Waals surface area contributed by atoms with Crippen LogP contribution in [0.3, 0.4) is 0 Å². The van der Waals surface area contributed by atoms with E-state index in [1.54, 1.807) is 7.11 Å². The molecular formula is C18H35N3O3. The molecule has 0 unspecified atom stereocenters. The maximum Gasteiger partial charge on any atom is 0.248 e. The molecule has 0 N–H and O–H groups in total. The summed E-state index contributed by atoms with van der Waals surface area (Å²) in [6.45, 7) is 12.5. The molecule has 0 aliphatic carbocycles. The highest BCUT2D eigenvalue weighted by Gasteiger charge is 2.26. The van der Waals surface area contributed by atoms with Crippen molar-refractivity contribution in [3.05, 3.63) is 0 Å².